The molecule has 1 N–H and O–H groups in total. The Labute approximate surface area is 136 Å². The molecule has 1 saturated heterocycles. The smallest absolute Gasteiger partial charge is 0.311 e. The zero-order valence-electron chi connectivity index (χ0n) is 14.1. The van der Waals surface area contributed by atoms with Gasteiger partial charge in [-0.25, -0.2) is 0 Å². The van der Waals surface area contributed by atoms with E-state index < -0.39 is 11.4 Å². The highest BCUT2D eigenvalue weighted by Gasteiger charge is 2.43. The van der Waals surface area contributed by atoms with E-state index in [4.69, 9.17) is 9.15 Å². The molecule has 6 nitrogen and oxygen atoms in total. The van der Waals surface area contributed by atoms with E-state index in [0.717, 1.165) is 0 Å². The van der Waals surface area contributed by atoms with Gasteiger partial charge >= 0.3 is 5.97 Å². The van der Waals surface area contributed by atoms with Crippen LogP contribution < -0.4 is 0 Å². The highest BCUT2D eigenvalue weighted by Crippen LogP contribution is 2.36. The van der Waals surface area contributed by atoms with Gasteiger partial charge in [0.2, 0.25) is 0 Å². The number of furan rings is 1. The third-order valence-corrected chi connectivity index (χ3v) is 4.59. The molecule has 1 aliphatic rings. The molecule has 1 aliphatic heterocycles. The molecule has 0 saturated carbocycles. The van der Waals surface area contributed by atoms with Gasteiger partial charge in [0, 0.05) is 26.8 Å². The monoisotopic (exact) mass is 323 g/mol. The van der Waals surface area contributed by atoms with E-state index in [1.165, 1.54) is 0 Å². The number of methoxy groups -OCH3 is 1. The molecule has 1 fully saturated rings. The molecule has 128 valence electrons. The number of likely N-dealkylation sites (tertiary alicyclic amines) is 1. The average molecular weight is 323 g/mol. The largest absolute Gasteiger partial charge is 0.481 e. The molecule has 2 heterocycles. The van der Waals surface area contributed by atoms with Gasteiger partial charge in [0.05, 0.1) is 11.0 Å². The van der Waals surface area contributed by atoms with Crippen molar-refractivity contribution in [3.8, 4) is 0 Å². The molecule has 23 heavy (non-hydrogen) atoms. The predicted octanol–water partition coefficient (Wildman–Crippen LogP) is 2.63. The number of nitrogens with zero attached hydrogens (tertiary/aromatic N) is 1. The minimum Gasteiger partial charge on any atom is -0.481 e. The topological polar surface area (TPSA) is 80.0 Å². The van der Waals surface area contributed by atoms with Gasteiger partial charge in [-0.15, -0.1) is 0 Å². The van der Waals surface area contributed by atoms with Crippen molar-refractivity contribution < 1.29 is 23.8 Å². The van der Waals surface area contributed by atoms with Crippen molar-refractivity contribution in [3.05, 3.63) is 23.2 Å². The van der Waals surface area contributed by atoms with E-state index in [9.17, 15) is 14.7 Å². The molecule has 6 heteroatoms. The van der Waals surface area contributed by atoms with Gasteiger partial charge in [-0.1, -0.05) is 0 Å². The summed E-state index contributed by atoms with van der Waals surface area (Å²) in [6.07, 6.45) is 2.48. The minimum absolute atomic E-state index is 0.142. The second-order valence-electron chi connectivity index (χ2n) is 6.34. The Morgan fingerprint density at radius 1 is 1.43 bits per heavy atom. The van der Waals surface area contributed by atoms with Crippen molar-refractivity contribution in [3.63, 3.8) is 0 Å². The number of carboxylic acid groups (broad SMARTS) is 1. The van der Waals surface area contributed by atoms with Crippen LogP contribution in [-0.4, -0.2) is 48.7 Å². The number of aryl methyl sites for hydroxylation is 2. The van der Waals surface area contributed by atoms with Crippen LogP contribution in [0.2, 0.25) is 0 Å². The Balaban J connectivity index is 2.16. The van der Waals surface area contributed by atoms with Crippen LogP contribution in [-0.2, 0) is 9.53 Å². The van der Waals surface area contributed by atoms with Gasteiger partial charge in [0.25, 0.3) is 5.91 Å². The van der Waals surface area contributed by atoms with E-state index >= 15 is 0 Å². The van der Waals surface area contributed by atoms with Crippen molar-refractivity contribution in [1.82, 2.24) is 4.90 Å². The summed E-state index contributed by atoms with van der Waals surface area (Å²) in [4.78, 5) is 26.2. The fraction of sp³-hybridized carbons (Fsp3) is 0.647. The van der Waals surface area contributed by atoms with E-state index in [1.807, 2.05) is 0 Å². The fourth-order valence-electron chi connectivity index (χ4n) is 3.36. The summed E-state index contributed by atoms with van der Waals surface area (Å²) in [5, 5.41) is 9.72. The Morgan fingerprint density at radius 2 is 2.17 bits per heavy atom. The molecule has 0 aliphatic carbocycles. The van der Waals surface area contributed by atoms with Crippen molar-refractivity contribution in [2.75, 3.05) is 26.8 Å². The van der Waals surface area contributed by atoms with Gasteiger partial charge in [-0.05, 0) is 45.6 Å². The quantitative estimate of drug-likeness (QED) is 0.814. The second-order valence-corrected chi connectivity index (χ2v) is 6.34. The molecular weight excluding hydrogens is 298 g/mol. The van der Waals surface area contributed by atoms with Gasteiger partial charge in [0.15, 0.2) is 0 Å². The van der Waals surface area contributed by atoms with Crippen molar-refractivity contribution in [2.24, 2.45) is 5.41 Å². The molecule has 1 atom stereocenters. The number of carbonyl (C=O) groups is 2. The Morgan fingerprint density at radius 3 is 2.74 bits per heavy atom. The van der Waals surface area contributed by atoms with E-state index in [0.29, 0.717) is 55.9 Å². The first kappa shape index (κ1) is 17.5. The standard InChI is InChI=1S/C17H25NO5/c1-12-10-14(13(2)23-12)15(19)18-8-4-6-17(11-18,16(20)21)7-5-9-22-3/h10H,4-9,11H2,1-3H3,(H,20,21). The third-order valence-electron chi connectivity index (χ3n) is 4.59. The normalized spacial score (nSPS) is 21.4. The van der Waals surface area contributed by atoms with Crippen LogP contribution in [0.15, 0.2) is 10.5 Å². The number of hydrogen-bond donors (Lipinski definition) is 1. The second kappa shape index (κ2) is 7.17. The number of amides is 1. The first-order valence-electron chi connectivity index (χ1n) is 7.98. The number of carbonyl (C=O) groups excluding carboxylic acids is 1. The van der Waals surface area contributed by atoms with Crippen LogP contribution in [0.4, 0.5) is 0 Å². The third kappa shape index (κ3) is 3.75. The summed E-state index contributed by atoms with van der Waals surface area (Å²) in [6.45, 7) is 4.92. The lowest BCUT2D eigenvalue weighted by molar-refractivity contribution is -0.152. The van der Waals surface area contributed by atoms with Crippen LogP contribution in [0.25, 0.3) is 0 Å². The van der Waals surface area contributed by atoms with Gasteiger partial charge in [0.1, 0.15) is 11.5 Å². The van der Waals surface area contributed by atoms with Gasteiger partial charge < -0.3 is 19.2 Å². The summed E-state index contributed by atoms with van der Waals surface area (Å²) in [5.74, 6) is 0.299. The lowest BCUT2D eigenvalue weighted by atomic mass is 9.76. The molecule has 1 aromatic rings. The molecule has 1 amide bonds. The maximum absolute atomic E-state index is 12.7. The SMILES string of the molecule is COCCCC1(C(=O)O)CCCN(C(=O)c2cc(C)oc2C)C1. The van der Waals surface area contributed by atoms with Crippen LogP contribution in [0.3, 0.4) is 0 Å². The van der Waals surface area contributed by atoms with Crippen molar-refractivity contribution >= 4 is 11.9 Å². The van der Waals surface area contributed by atoms with E-state index in [1.54, 1.807) is 31.9 Å². The molecular formula is C17H25NO5. The predicted molar refractivity (Wildman–Crippen MR) is 84.5 cm³/mol. The highest BCUT2D eigenvalue weighted by atomic mass is 16.5. The molecule has 0 bridgehead atoms. The maximum Gasteiger partial charge on any atom is 0.311 e. The molecule has 2 rings (SSSR count). The number of carboxylic acids is 1. The highest BCUT2D eigenvalue weighted by molar-refractivity contribution is 5.95. The number of hydrogen-bond acceptors (Lipinski definition) is 4. The summed E-state index contributed by atoms with van der Waals surface area (Å²) in [5.41, 5.74) is -0.348. The Kier molecular flexibility index (Phi) is 5.46. The average Bonchev–Trinajstić information content (AvgIpc) is 2.85. The fourth-order valence-corrected chi connectivity index (χ4v) is 3.36. The number of aliphatic carboxylic acids is 1. The zero-order chi connectivity index (χ0) is 17.0. The maximum atomic E-state index is 12.7. The minimum atomic E-state index is -0.876. The van der Waals surface area contributed by atoms with Gasteiger partial charge in [-0.2, -0.15) is 0 Å². The van der Waals surface area contributed by atoms with Gasteiger partial charge in [-0.3, -0.25) is 9.59 Å². The number of rotatable bonds is 6. The van der Waals surface area contributed by atoms with E-state index in [-0.39, 0.29) is 12.5 Å². The van der Waals surface area contributed by atoms with Crippen LogP contribution >= 0.6 is 0 Å². The number of ether oxygens (including phenoxy) is 1. The lowest BCUT2D eigenvalue weighted by Crippen LogP contribution is -2.50. The van der Waals surface area contributed by atoms with Crippen LogP contribution in [0.1, 0.15) is 47.6 Å². The molecule has 0 spiro atoms. The Hall–Kier alpha value is -1.82. The Bertz CT molecular complexity index is 580. The molecule has 1 unspecified atom stereocenters. The summed E-state index contributed by atoms with van der Waals surface area (Å²) in [7, 11) is 1.61. The summed E-state index contributed by atoms with van der Waals surface area (Å²) >= 11 is 0. The molecule has 1 aromatic heterocycles. The number of piperidine rings is 1. The summed E-state index contributed by atoms with van der Waals surface area (Å²) in [6, 6.07) is 1.72. The first-order chi connectivity index (χ1) is 10.9. The molecule has 0 aromatic carbocycles. The molecule has 0 radical (unpaired) electrons. The van der Waals surface area contributed by atoms with Crippen molar-refractivity contribution in [2.45, 2.75) is 39.5 Å². The van der Waals surface area contributed by atoms with E-state index in [2.05, 4.69) is 0 Å². The lowest BCUT2D eigenvalue weighted by Gasteiger charge is -2.40. The van der Waals surface area contributed by atoms with Crippen LogP contribution in [0.5, 0.6) is 0 Å². The first-order valence-corrected chi connectivity index (χ1v) is 7.98. The summed E-state index contributed by atoms with van der Waals surface area (Å²) < 4.78 is 10.5. The van der Waals surface area contributed by atoms with Crippen LogP contribution in [0, 0.1) is 19.3 Å². The van der Waals surface area contributed by atoms with Crippen molar-refractivity contribution in [1.29, 1.82) is 0 Å². The zero-order valence-corrected chi connectivity index (χ0v) is 14.1.